The van der Waals surface area contributed by atoms with E-state index in [9.17, 15) is 0 Å². The number of hydrogen-bond donors (Lipinski definition) is 1. The Morgan fingerprint density at radius 3 is 2.94 bits per heavy atom. The number of fused-ring (bicyclic) bond motifs is 1. The average Bonchev–Trinajstić information content (AvgIpc) is 2.43. The molecule has 96 valence electrons. The first-order valence-corrected chi connectivity index (χ1v) is 7.47. The molecule has 0 bridgehead atoms. The molecule has 0 spiro atoms. The van der Waals surface area contributed by atoms with E-state index in [1.165, 1.54) is 17.4 Å². The van der Waals surface area contributed by atoms with Gasteiger partial charge in [0.15, 0.2) is 0 Å². The predicted molar refractivity (Wildman–Crippen MR) is 80.9 cm³/mol. The lowest BCUT2D eigenvalue weighted by atomic mass is 10.1. The van der Waals surface area contributed by atoms with E-state index in [2.05, 4.69) is 43.1 Å². The number of hydrogen-bond acceptors (Lipinski definition) is 3. The second kappa shape index (κ2) is 6.21. The van der Waals surface area contributed by atoms with Crippen LogP contribution in [0.3, 0.4) is 0 Å². The fourth-order valence-corrected chi connectivity index (χ4v) is 2.77. The van der Waals surface area contributed by atoms with Gasteiger partial charge in [0.1, 0.15) is 0 Å². The molecule has 0 saturated heterocycles. The summed E-state index contributed by atoms with van der Waals surface area (Å²) in [4.78, 5) is 4.32. The number of pyridine rings is 1. The third kappa shape index (κ3) is 3.24. The molecule has 1 aromatic carbocycles. The van der Waals surface area contributed by atoms with Crippen LogP contribution in [0, 0.1) is 0 Å². The van der Waals surface area contributed by atoms with E-state index >= 15 is 0 Å². The van der Waals surface area contributed by atoms with Crippen molar-refractivity contribution in [1.82, 2.24) is 4.98 Å². The Morgan fingerprint density at radius 2 is 2.17 bits per heavy atom. The molecule has 0 fully saturated rings. The van der Waals surface area contributed by atoms with Crippen molar-refractivity contribution in [2.75, 3.05) is 5.75 Å². The fourth-order valence-electron chi connectivity index (χ4n) is 1.81. The average molecular weight is 260 g/mol. The molecular formula is C15H20N2S. The van der Waals surface area contributed by atoms with Crippen LogP contribution in [0.1, 0.15) is 31.9 Å². The van der Waals surface area contributed by atoms with E-state index in [1.54, 1.807) is 0 Å². The van der Waals surface area contributed by atoms with Gasteiger partial charge >= 0.3 is 0 Å². The maximum Gasteiger partial charge on any atom is 0.0702 e. The molecule has 0 aliphatic rings. The number of benzene rings is 1. The van der Waals surface area contributed by atoms with E-state index in [4.69, 9.17) is 5.73 Å². The minimum absolute atomic E-state index is 0.105. The van der Waals surface area contributed by atoms with E-state index < -0.39 is 0 Å². The van der Waals surface area contributed by atoms with Crippen LogP contribution in [0.25, 0.3) is 10.9 Å². The smallest absolute Gasteiger partial charge is 0.0702 e. The maximum atomic E-state index is 6.25. The van der Waals surface area contributed by atoms with Crippen LogP contribution in [0.4, 0.5) is 0 Å². The SMILES string of the molecule is CCC(C)SCC(N)c1ccc2ncccc2c1. The number of nitrogens with two attached hydrogens (primary N) is 1. The van der Waals surface area contributed by atoms with E-state index in [0.717, 1.165) is 11.3 Å². The second-order valence-corrected chi connectivity index (χ2v) is 6.09. The molecular weight excluding hydrogens is 240 g/mol. The normalized spacial score (nSPS) is 14.6. The molecule has 2 aromatic rings. The molecule has 0 aliphatic carbocycles. The summed E-state index contributed by atoms with van der Waals surface area (Å²) in [5, 5.41) is 1.84. The molecule has 3 heteroatoms. The Hall–Kier alpha value is -1.06. The highest BCUT2D eigenvalue weighted by Gasteiger charge is 2.09. The van der Waals surface area contributed by atoms with Crippen molar-refractivity contribution in [1.29, 1.82) is 0 Å². The fraction of sp³-hybridized carbons (Fsp3) is 0.400. The van der Waals surface area contributed by atoms with Crippen LogP contribution in [0.5, 0.6) is 0 Å². The van der Waals surface area contributed by atoms with Gasteiger partial charge in [-0.2, -0.15) is 11.8 Å². The first-order chi connectivity index (χ1) is 8.70. The molecule has 2 nitrogen and oxygen atoms in total. The molecule has 18 heavy (non-hydrogen) atoms. The number of thioether (sulfide) groups is 1. The van der Waals surface area contributed by atoms with E-state index in [-0.39, 0.29) is 6.04 Å². The van der Waals surface area contributed by atoms with Crippen molar-refractivity contribution in [3.63, 3.8) is 0 Å². The van der Waals surface area contributed by atoms with Gasteiger partial charge in [0, 0.05) is 28.6 Å². The lowest BCUT2D eigenvalue weighted by Gasteiger charge is -2.15. The predicted octanol–water partition coefficient (Wildman–Crippen LogP) is 3.77. The molecule has 0 aliphatic heterocycles. The second-order valence-electron chi connectivity index (χ2n) is 4.61. The first kappa shape index (κ1) is 13.4. The Bertz CT molecular complexity index is 513. The quantitative estimate of drug-likeness (QED) is 0.889. The van der Waals surface area contributed by atoms with Crippen molar-refractivity contribution in [3.05, 3.63) is 42.1 Å². The number of aromatic nitrogens is 1. The maximum absolute atomic E-state index is 6.25. The molecule has 1 aromatic heterocycles. The lowest BCUT2D eigenvalue weighted by molar-refractivity contribution is 0.822. The Kier molecular flexibility index (Phi) is 4.61. The van der Waals surface area contributed by atoms with Gasteiger partial charge in [0.25, 0.3) is 0 Å². The van der Waals surface area contributed by atoms with Crippen molar-refractivity contribution in [2.24, 2.45) is 5.73 Å². The van der Waals surface area contributed by atoms with Crippen LogP contribution in [0.15, 0.2) is 36.5 Å². The van der Waals surface area contributed by atoms with Gasteiger partial charge < -0.3 is 5.73 Å². The topological polar surface area (TPSA) is 38.9 Å². The summed E-state index contributed by atoms with van der Waals surface area (Å²) in [6.07, 6.45) is 3.01. The van der Waals surface area contributed by atoms with E-state index in [0.29, 0.717) is 5.25 Å². The lowest BCUT2D eigenvalue weighted by Crippen LogP contribution is -2.14. The highest BCUT2D eigenvalue weighted by atomic mass is 32.2. The van der Waals surface area contributed by atoms with Crippen molar-refractivity contribution >= 4 is 22.7 Å². The highest BCUT2D eigenvalue weighted by Crippen LogP contribution is 2.23. The third-order valence-corrected chi connectivity index (χ3v) is 4.64. The molecule has 0 saturated carbocycles. The summed E-state index contributed by atoms with van der Waals surface area (Å²) in [5.41, 5.74) is 8.48. The van der Waals surface area contributed by atoms with Crippen molar-refractivity contribution in [2.45, 2.75) is 31.6 Å². The van der Waals surface area contributed by atoms with Crippen LogP contribution < -0.4 is 5.73 Å². The number of nitrogens with zero attached hydrogens (tertiary/aromatic N) is 1. The van der Waals surface area contributed by atoms with Crippen molar-refractivity contribution < 1.29 is 0 Å². The number of rotatable bonds is 5. The minimum Gasteiger partial charge on any atom is -0.323 e. The zero-order valence-electron chi connectivity index (χ0n) is 11.0. The summed E-state index contributed by atoms with van der Waals surface area (Å²) in [7, 11) is 0. The van der Waals surface area contributed by atoms with Crippen LogP contribution in [-0.4, -0.2) is 16.0 Å². The van der Waals surface area contributed by atoms with Crippen LogP contribution >= 0.6 is 11.8 Å². The zero-order valence-corrected chi connectivity index (χ0v) is 11.8. The van der Waals surface area contributed by atoms with Gasteiger partial charge in [-0.1, -0.05) is 26.0 Å². The van der Waals surface area contributed by atoms with Gasteiger partial charge in [-0.05, 0) is 30.2 Å². The standard InChI is InChI=1S/C15H20N2S/c1-3-11(2)18-10-14(16)12-6-7-15-13(9-12)5-4-8-17-15/h4-9,11,14H,3,10,16H2,1-2H3. The summed E-state index contributed by atoms with van der Waals surface area (Å²) in [5.74, 6) is 0.973. The zero-order chi connectivity index (χ0) is 13.0. The summed E-state index contributed by atoms with van der Waals surface area (Å²) in [6.45, 7) is 4.46. The molecule has 2 rings (SSSR count). The highest BCUT2D eigenvalue weighted by molar-refractivity contribution is 7.99. The van der Waals surface area contributed by atoms with E-state index in [1.807, 2.05) is 24.0 Å². The minimum atomic E-state index is 0.105. The molecule has 0 amide bonds. The van der Waals surface area contributed by atoms with Crippen molar-refractivity contribution in [3.8, 4) is 0 Å². The first-order valence-electron chi connectivity index (χ1n) is 6.42. The Labute approximate surface area is 113 Å². The molecule has 1 heterocycles. The van der Waals surface area contributed by atoms with Gasteiger partial charge in [0.05, 0.1) is 5.52 Å². The summed E-state index contributed by atoms with van der Waals surface area (Å²) in [6, 6.07) is 10.5. The molecule has 2 unspecified atom stereocenters. The largest absolute Gasteiger partial charge is 0.323 e. The summed E-state index contributed by atoms with van der Waals surface area (Å²) >= 11 is 1.94. The van der Waals surface area contributed by atoms with Gasteiger partial charge in [-0.3, -0.25) is 4.98 Å². The van der Waals surface area contributed by atoms with Crippen LogP contribution in [-0.2, 0) is 0 Å². The van der Waals surface area contributed by atoms with Crippen LogP contribution in [0.2, 0.25) is 0 Å². The van der Waals surface area contributed by atoms with Gasteiger partial charge in [-0.15, -0.1) is 0 Å². The Balaban J connectivity index is 2.10. The van der Waals surface area contributed by atoms with Gasteiger partial charge in [0.2, 0.25) is 0 Å². The molecule has 0 radical (unpaired) electrons. The summed E-state index contributed by atoms with van der Waals surface area (Å²) < 4.78 is 0. The van der Waals surface area contributed by atoms with Gasteiger partial charge in [-0.25, -0.2) is 0 Å². The monoisotopic (exact) mass is 260 g/mol. The molecule has 2 N–H and O–H groups in total. The molecule has 2 atom stereocenters. The third-order valence-electron chi connectivity index (χ3n) is 3.19. The Morgan fingerprint density at radius 1 is 1.33 bits per heavy atom.